The minimum Gasteiger partial charge on any atom is -0.325 e. The number of rotatable bonds is 4. The summed E-state index contributed by atoms with van der Waals surface area (Å²) in [5.74, 6) is -0.0396. The molecule has 0 atom stereocenters. The molecule has 1 fully saturated rings. The predicted molar refractivity (Wildman–Crippen MR) is 90.5 cm³/mol. The molecule has 2 N–H and O–H groups in total. The van der Waals surface area contributed by atoms with Crippen LogP contribution in [0.5, 0.6) is 0 Å². The Hall–Kier alpha value is -2.21. The first kappa shape index (κ1) is 15.7. The van der Waals surface area contributed by atoms with Gasteiger partial charge in [0.2, 0.25) is 5.91 Å². The fraction of sp³-hybridized carbons (Fsp3) is 0.471. The SMILES string of the molecule is CN(CC(=O)Nc1ccc2c(=O)[nH]cnc2c1)C1CCCCC1. The molecule has 6 heteroatoms. The molecule has 0 saturated heterocycles. The number of nitrogens with one attached hydrogen (secondary N) is 2. The van der Waals surface area contributed by atoms with Crippen molar-refractivity contribution in [3.8, 4) is 0 Å². The lowest BCUT2D eigenvalue weighted by atomic mass is 9.94. The lowest BCUT2D eigenvalue weighted by Crippen LogP contribution is -2.39. The molecule has 0 unspecified atom stereocenters. The van der Waals surface area contributed by atoms with Crippen LogP contribution in [0.15, 0.2) is 29.3 Å². The summed E-state index contributed by atoms with van der Waals surface area (Å²) in [6, 6.07) is 5.65. The number of H-pyrrole nitrogens is 1. The number of amides is 1. The number of hydrogen-bond acceptors (Lipinski definition) is 4. The van der Waals surface area contributed by atoms with Crippen molar-refractivity contribution in [3.05, 3.63) is 34.9 Å². The highest BCUT2D eigenvalue weighted by Gasteiger charge is 2.19. The number of aromatic nitrogens is 2. The first-order valence-electron chi connectivity index (χ1n) is 8.11. The highest BCUT2D eigenvalue weighted by Crippen LogP contribution is 2.21. The van der Waals surface area contributed by atoms with Crippen molar-refractivity contribution in [1.82, 2.24) is 14.9 Å². The third kappa shape index (κ3) is 3.76. The van der Waals surface area contributed by atoms with Crippen LogP contribution in [0, 0.1) is 0 Å². The summed E-state index contributed by atoms with van der Waals surface area (Å²) < 4.78 is 0. The summed E-state index contributed by atoms with van der Waals surface area (Å²) in [5, 5.41) is 3.41. The van der Waals surface area contributed by atoms with Gasteiger partial charge in [0.1, 0.15) is 0 Å². The third-order valence-corrected chi connectivity index (χ3v) is 4.52. The maximum absolute atomic E-state index is 12.2. The number of fused-ring (bicyclic) bond motifs is 1. The van der Waals surface area contributed by atoms with Crippen LogP contribution in [0.25, 0.3) is 10.9 Å². The van der Waals surface area contributed by atoms with Gasteiger partial charge >= 0.3 is 0 Å². The van der Waals surface area contributed by atoms with Crippen molar-refractivity contribution >= 4 is 22.5 Å². The maximum Gasteiger partial charge on any atom is 0.258 e. The summed E-state index contributed by atoms with van der Waals surface area (Å²) in [6.07, 6.45) is 7.52. The van der Waals surface area contributed by atoms with Gasteiger partial charge in [-0.3, -0.25) is 14.5 Å². The standard InChI is InChI=1S/C17H22N4O2/c1-21(13-5-3-2-4-6-13)10-16(22)20-12-7-8-14-15(9-12)18-11-19-17(14)23/h7-9,11,13H,2-6,10H2,1H3,(H,20,22)(H,18,19,23). The minimum atomic E-state index is -0.176. The lowest BCUT2D eigenvalue weighted by Gasteiger charge is -2.30. The van der Waals surface area contributed by atoms with Crippen LogP contribution < -0.4 is 10.9 Å². The molecule has 122 valence electrons. The van der Waals surface area contributed by atoms with Crippen molar-refractivity contribution in [2.45, 2.75) is 38.1 Å². The van der Waals surface area contributed by atoms with Crippen molar-refractivity contribution < 1.29 is 4.79 Å². The van der Waals surface area contributed by atoms with E-state index in [1.54, 1.807) is 18.2 Å². The van der Waals surface area contributed by atoms with Crippen molar-refractivity contribution in [1.29, 1.82) is 0 Å². The second-order valence-corrected chi connectivity index (χ2v) is 6.22. The zero-order valence-corrected chi connectivity index (χ0v) is 13.3. The molecule has 0 radical (unpaired) electrons. The summed E-state index contributed by atoms with van der Waals surface area (Å²) in [6.45, 7) is 0.380. The van der Waals surface area contributed by atoms with Crippen LogP contribution in [0.2, 0.25) is 0 Å². The van der Waals surface area contributed by atoms with Crippen molar-refractivity contribution in [2.75, 3.05) is 18.9 Å². The van der Waals surface area contributed by atoms with Crippen molar-refractivity contribution in [2.24, 2.45) is 0 Å². The van der Waals surface area contributed by atoms with Gasteiger partial charge in [0.15, 0.2) is 0 Å². The van der Waals surface area contributed by atoms with Gasteiger partial charge in [0.05, 0.1) is 23.8 Å². The average Bonchev–Trinajstić information content (AvgIpc) is 2.55. The van der Waals surface area contributed by atoms with E-state index in [0.717, 1.165) is 0 Å². The summed E-state index contributed by atoms with van der Waals surface area (Å²) >= 11 is 0. The number of hydrogen-bond donors (Lipinski definition) is 2. The number of nitrogens with zero attached hydrogens (tertiary/aromatic N) is 2. The van der Waals surface area contributed by atoms with E-state index < -0.39 is 0 Å². The molecular weight excluding hydrogens is 292 g/mol. The Labute approximate surface area is 134 Å². The molecule has 1 aromatic carbocycles. The summed E-state index contributed by atoms with van der Waals surface area (Å²) in [4.78, 5) is 32.7. The van der Waals surface area contributed by atoms with Gasteiger partial charge in [-0.2, -0.15) is 0 Å². The number of carbonyl (C=O) groups excluding carboxylic acids is 1. The Kier molecular flexibility index (Phi) is 4.71. The van der Waals surface area contributed by atoms with Crippen LogP contribution in [0.4, 0.5) is 5.69 Å². The number of anilines is 1. The van der Waals surface area contributed by atoms with E-state index in [2.05, 4.69) is 20.2 Å². The number of likely N-dealkylation sites (N-methyl/N-ethyl adjacent to an activating group) is 1. The molecule has 3 rings (SSSR count). The van der Waals surface area contributed by atoms with Gasteiger partial charge < -0.3 is 10.3 Å². The number of carbonyl (C=O) groups is 1. The van der Waals surface area contributed by atoms with Crippen LogP contribution in [0.3, 0.4) is 0 Å². The molecule has 0 spiro atoms. The molecular formula is C17H22N4O2. The highest BCUT2D eigenvalue weighted by atomic mass is 16.2. The Bertz CT molecular complexity index is 750. The zero-order valence-electron chi connectivity index (χ0n) is 13.3. The van der Waals surface area contributed by atoms with Crippen LogP contribution in [-0.2, 0) is 4.79 Å². The Balaban J connectivity index is 1.64. The molecule has 2 aromatic rings. The Morgan fingerprint density at radius 3 is 2.91 bits per heavy atom. The van der Waals surface area contributed by atoms with E-state index in [1.807, 2.05) is 7.05 Å². The summed E-state index contributed by atoms with van der Waals surface area (Å²) in [7, 11) is 2.01. The first-order chi connectivity index (χ1) is 11.1. The van der Waals surface area contributed by atoms with E-state index in [1.165, 1.54) is 38.4 Å². The monoisotopic (exact) mass is 314 g/mol. The van der Waals surface area contributed by atoms with Crippen LogP contribution >= 0.6 is 0 Å². The Morgan fingerprint density at radius 2 is 2.13 bits per heavy atom. The summed E-state index contributed by atoms with van der Waals surface area (Å²) in [5.41, 5.74) is 1.06. The average molecular weight is 314 g/mol. The quantitative estimate of drug-likeness (QED) is 0.906. The van der Waals surface area contributed by atoms with Gasteiger partial charge in [-0.1, -0.05) is 19.3 Å². The molecule has 1 aliphatic rings. The first-order valence-corrected chi connectivity index (χ1v) is 8.11. The molecule has 1 amide bonds. The van der Waals surface area contributed by atoms with Crippen LogP contribution in [-0.4, -0.2) is 40.4 Å². The van der Waals surface area contributed by atoms with Crippen molar-refractivity contribution in [3.63, 3.8) is 0 Å². The smallest absolute Gasteiger partial charge is 0.258 e. The second kappa shape index (κ2) is 6.91. The van der Waals surface area contributed by atoms with E-state index in [4.69, 9.17) is 0 Å². The number of benzene rings is 1. The van der Waals surface area contributed by atoms with Gasteiger partial charge in [0, 0.05) is 11.7 Å². The van der Waals surface area contributed by atoms with Gasteiger partial charge in [-0.15, -0.1) is 0 Å². The molecule has 1 aliphatic carbocycles. The largest absolute Gasteiger partial charge is 0.325 e. The van der Waals surface area contributed by atoms with E-state index >= 15 is 0 Å². The topological polar surface area (TPSA) is 78.1 Å². The van der Waals surface area contributed by atoms with E-state index in [0.29, 0.717) is 29.2 Å². The fourth-order valence-corrected chi connectivity index (χ4v) is 3.22. The molecule has 6 nitrogen and oxygen atoms in total. The molecule has 1 aromatic heterocycles. The molecule has 23 heavy (non-hydrogen) atoms. The van der Waals surface area contributed by atoms with E-state index in [9.17, 15) is 9.59 Å². The lowest BCUT2D eigenvalue weighted by molar-refractivity contribution is -0.117. The number of aromatic amines is 1. The predicted octanol–water partition coefficient (Wildman–Crippen LogP) is 2.13. The van der Waals surface area contributed by atoms with Gasteiger partial charge in [-0.25, -0.2) is 4.98 Å². The molecule has 1 saturated carbocycles. The highest BCUT2D eigenvalue weighted by molar-refractivity contribution is 5.94. The molecule has 0 bridgehead atoms. The zero-order chi connectivity index (χ0) is 16.2. The molecule has 1 heterocycles. The van der Waals surface area contributed by atoms with Gasteiger partial charge in [-0.05, 0) is 38.1 Å². The van der Waals surface area contributed by atoms with E-state index in [-0.39, 0.29) is 11.5 Å². The minimum absolute atomic E-state index is 0.0396. The van der Waals surface area contributed by atoms with Gasteiger partial charge in [0.25, 0.3) is 5.56 Å². The van der Waals surface area contributed by atoms with Crippen LogP contribution in [0.1, 0.15) is 32.1 Å². The Morgan fingerprint density at radius 1 is 1.35 bits per heavy atom. The second-order valence-electron chi connectivity index (χ2n) is 6.22. The third-order valence-electron chi connectivity index (χ3n) is 4.52. The normalized spacial score (nSPS) is 15.9. The fourth-order valence-electron chi connectivity index (χ4n) is 3.22. The molecule has 0 aliphatic heterocycles. The maximum atomic E-state index is 12.2.